The Morgan fingerprint density at radius 3 is 2.83 bits per heavy atom. The van der Waals surface area contributed by atoms with Gasteiger partial charge in [-0.3, -0.25) is 14.6 Å². The molecule has 0 spiro atoms. The second kappa shape index (κ2) is 6.62. The Hall–Kier alpha value is -3.02. The number of pyridine rings is 1. The van der Waals surface area contributed by atoms with Crippen molar-refractivity contribution in [1.29, 1.82) is 0 Å². The third-order valence-electron chi connectivity index (χ3n) is 4.10. The van der Waals surface area contributed by atoms with E-state index in [0.717, 1.165) is 22.0 Å². The Morgan fingerprint density at radius 2 is 2.08 bits per heavy atom. The maximum atomic E-state index is 12.3. The Balaban J connectivity index is 1.74. The van der Waals surface area contributed by atoms with Gasteiger partial charge in [0.2, 0.25) is 0 Å². The molecule has 0 aliphatic carbocycles. The van der Waals surface area contributed by atoms with Crippen LogP contribution in [0.2, 0.25) is 0 Å². The van der Waals surface area contributed by atoms with Gasteiger partial charge in [0.15, 0.2) is 0 Å². The topological polar surface area (TPSA) is 87.7 Å². The minimum Gasteiger partial charge on any atom is -0.350 e. The number of amides is 1. The smallest absolute Gasteiger partial charge is 0.271 e. The number of aryl methyl sites for hydroxylation is 2. The Bertz CT molecular complexity index is 948. The van der Waals surface area contributed by atoms with Crippen LogP contribution < -0.4 is 10.9 Å². The Labute approximate surface area is 139 Å². The molecule has 0 saturated carbocycles. The summed E-state index contributed by atoms with van der Waals surface area (Å²) in [5, 5.41) is 3.74. The zero-order valence-corrected chi connectivity index (χ0v) is 13.6. The van der Waals surface area contributed by atoms with Gasteiger partial charge in [0.1, 0.15) is 5.69 Å². The summed E-state index contributed by atoms with van der Waals surface area (Å²) in [4.78, 5) is 34.9. The fourth-order valence-electron chi connectivity index (χ4n) is 2.57. The van der Waals surface area contributed by atoms with Crippen LogP contribution in [-0.4, -0.2) is 27.4 Å². The standard InChI is InChI=1S/C18H18N4O2/c1-11-3-4-13-9-14(17(23)22-16(13)12(11)2)5-6-21-18(24)15-10-19-7-8-20-15/h3-4,7-10H,5-6H2,1-2H3,(H,21,24)(H,22,23). The molecule has 122 valence electrons. The number of hydrogen-bond donors (Lipinski definition) is 2. The van der Waals surface area contributed by atoms with E-state index in [2.05, 4.69) is 20.3 Å². The number of nitrogens with zero attached hydrogens (tertiary/aromatic N) is 2. The molecule has 2 N–H and O–H groups in total. The van der Waals surface area contributed by atoms with Gasteiger partial charge < -0.3 is 10.3 Å². The van der Waals surface area contributed by atoms with Crippen molar-refractivity contribution in [3.05, 3.63) is 69.5 Å². The van der Waals surface area contributed by atoms with Crippen LogP contribution in [0.5, 0.6) is 0 Å². The number of carbonyl (C=O) groups excluding carboxylic acids is 1. The zero-order valence-electron chi connectivity index (χ0n) is 13.6. The molecule has 24 heavy (non-hydrogen) atoms. The number of aromatic amines is 1. The van der Waals surface area contributed by atoms with Gasteiger partial charge in [0, 0.05) is 24.5 Å². The summed E-state index contributed by atoms with van der Waals surface area (Å²) < 4.78 is 0. The highest BCUT2D eigenvalue weighted by atomic mass is 16.2. The first kappa shape index (κ1) is 15.9. The first-order chi connectivity index (χ1) is 11.6. The second-order valence-corrected chi connectivity index (χ2v) is 5.69. The molecule has 2 aromatic heterocycles. The van der Waals surface area contributed by atoms with Crippen molar-refractivity contribution < 1.29 is 4.79 Å². The van der Waals surface area contributed by atoms with E-state index in [-0.39, 0.29) is 17.2 Å². The largest absolute Gasteiger partial charge is 0.350 e. The van der Waals surface area contributed by atoms with Crippen LogP contribution >= 0.6 is 0 Å². The van der Waals surface area contributed by atoms with Crippen molar-refractivity contribution in [2.75, 3.05) is 6.54 Å². The fourth-order valence-corrected chi connectivity index (χ4v) is 2.57. The first-order valence-electron chi connectivity index (χ1n) is 7.72. The monoisotopic (exact) mass is 322 g/mol. The van der Waals surface area contributed by atoms with Gasteiger partial charge in [-0.1, -0.05) is 12.1 Å². The summed E-state index contributed by atoms with van der Waals surface area (Å²) in [5.41, 5.74) is 3.87. The molecule has 0 aliphatic rings. The molecule has 2 heterocycles. The van der Waals surface area contributed by atoms with E-state index < -0.39 is 0 Å². The molecule has 3 aromatic rings. The number of nitrogens with one attached hydrogen (secondary N) is 2. The van der Waals surface area contributed by atoms with Gasteiger partial charge in [-0.05, 0) is 42.8 Å². The van der Waals surface area contributed by atoms with Crippen LogP contribution in [0.4, 0.5) is 0 Å². The molecule has 0 radical (unpaired) electrons. The lowest BCUT2D eigenvalue weighted by atomic mass is 10.0. The molecule has 0 fully saturated rings. The van der Waals surface area contributed by atoms with E-state index in [9.17, 15) is 9.59 Å². The van der Waals surface area contributed by atoms with Gasteiger partial charge in [-0.25, -0.2) is 4.98 Å². The highest BCUT2D eigenvalue weighted by Gasteiger charge is 2.09. The molecule has 1 aromatic carbocycles. The zero-order chi connectivity index (χ0) is 17.1. The molecule has 1 amide bonds. The summed E-state index contributed by atoms with van der Waals surface area (Å²) in [6, 6.07) is 5.92. The van der Waals surface area contributed by atoms with Crippen LogP contribution in [0.3, 0.4) is 0 Å². The van der Waals surface area contributed by atoms with E-state index in [1.54, 1.807) is 0 Å². The van der Waals surface area contributed by atoms with Crippen molar-refractivity contribution in [2.24, 2.45) is 0 Å². The molecule has 0 saturated heterocycles. The summed E-state index contributed by atoms with van der Waals surface area (Å²) in [6.45, 7) is 4.37. The van der Waals surface area contributed by atoms with Crippen LogP contribution in [0.25, 0.3) is 10.9 Å². The normalized spacial score (nSPS) is 10.8. The Kier molecular flexibility index (Phi) is 4.37. The lowest BCUT2D eigenvalue weighted by molar-refractivity contribution is 0.0948. The van der Waals surface area contributed by atoms with Crippen LogP contribution in [0.15, 0.2) is 41.6 Å². The molecule has 0 bridgehead atoms. The van der Waals surface area contributed by atoms with Crippen LogP contribution in [0, 0.1) is 13.8 Å². The lowest BCUT2D eigenvalue weighted by Crippen LogP contribution is -2.28. The second-order valence-electron chi connectivity index (χ2n) is 5.69. The minimum absolute atomic E-state index is 0.120. The third-order valence-corrected chi connectivity index (χ3v) is 4.10. The maximum absolute atomic E-state index is 12.3. The van der Waals surface area contributed by atoms with Crippen molar-refractivity contribution in [2.45, 2.75) is 20.3 Å². The van der Waals surface area contributed by atoms with Gasteiger partial charge >= 0.3 is 0 Å². The van der Waals surface area contributed by atoms with E-state index in [0.29, 0.717) is 18.5 Å². The van der Waals surface area contributed by atoms with Crippen LogP contribution in [0.1, 0.15) is 27.2 Å². The number of rotatable bonds is 4. The predicted molar refractivity (Wildman–Crippen MR) is 92.1 cm³/mol. The summed E-state index contributed by atoms with van der Waals surface area (Å²) in [7, 11) is 0. The quantitative estimate of drug-likeness (QED) is 0.768. The number of carbonyl (C=O) groups is 1. The predicted octanol–water partition coefficient (Wildman–Crippen LogP) is 1.91. The van der Waals surface area contributed by atoms with E-state index in [1.165, 1.54) is 18.6 Å². The molecule has 0 unspecified atom stereocenters. The fraction of sp³-hybridized carbons (Fsp3) is 0.222. The summed E-state index contributed by atoms with van der Waals surface area (Å²) in [6.07, 6.45) is 4.83. The maximum Gasteiger partial charge on any atom is 0.271 e. The first-order valence-corrected chi connectivity index (χ1v) is 7.72. The number of aromatic nitrogens is 3. The van der Waals surface area contributed by atoms with Gasteiger partial charge in [0.25, 0.3) is 11.5 Å². The molecular weight excluding hydrogens is 304 g/mol. The minimum atomic E-state index is -0.299. The van der Waals surface area contributed by atoms with E-state index in [4.69, 9.17) is 0 Å². The molecule has 6 nitrogen and oxygen atoms in total. The number of H-pyrrole nitrogens is 1. The van der Waals surface area contributed by atoms with Gasteiger partial charge in [-0.15, -0.1) is 0 Å². The number of benzene rings is 1. The van der Waals surface area contributed by atoms with Crippen molar-refractivity contribution in [3.8, 4) is 0 Å². The van der Waals surface area contributed by atoms with Gasteiger partial charge in [-0.2, -0.15) is 0 Å². The molecule has 0 aliphatic heterocycles. The molecule has 3 rings (SSSR count). The summed E-state index contributed by atoms with van der Waals surface area (Å²) in [5.74, 6) is -0.299. The highest BCUT2D eigenvalue weighted by Crippen LogP contribution is 2.18. The average molecular weight is 322 g/mol. The van der Waals surface area contributed by atoms with Gasteiger partial charge in [0.05, 0.1) is 11.7 Å². The van der Waals surface area contributed by atoms with Crippen molar-refractivity contribution in [3.63, 3.8) is 0 Å². The van der Waals surface area contributed by atoms with Crippen molar-refractivity contribution in [1.82, 2.24) is 20.3 Å². The number of fused-ring (bicyclic) bond motifs is 1. The highest BCUT2D eigenvalue weighted by molar-refractivity contribution is 5.91. The van der Waals surface area contributed by atoms with Crippen molar-refractivity contribution >= 4 is 16.8 Å². The Morgan fingerprint density at radius 1 is 1.25 bits per heavy atom. The SMILES string of the molecule is Cc1ccc2cc(CCNC(=O)c3cnccn3)c(=O)[nH]c2c1C. The van der Waals surface area contributed by atoms with Crippen LogP contribution in [-0.2, 0) is 6.42 Å². The molecular formula is C18H18N4O2. The lowest BCUT2D eigenvalue weighted by Gasteiger charge is -2.08. The third kappa shape index (κ3) is 3.17. The average Bonchev–Trinajstić information content (AvgIpc) is 2.60. The molecule has 0 atom stereocenters. The van der Waals surface area contributed by atoms with E-state index in [1.807, 2.05) is 32.0 Å². The number of hydrogen-bond acceptors (Lipinski definition) is 4. The molecule has 6 heteroatoms. The summed E-state index contributed by atoms with van der Waals surface area (Å²) >= 11 is 0. The van der Waals surface area contributed by atoms with E-state index >= 15 is 0 Å².